The van der Waals surface area contributed by atoms with Gasteiger partial charge in [0.15, 0.2) is 0 Å². The fourth-order valence-electron chi connectivity index (χ4n) is 4.21. The Morgan fingerprint density at radius 2 is 1.76 bits per heavy atom. The number of hydrogen-bond acceptors (Lipinski definition) is 3. The van der Waals surface area contributed by atoms with Crippen LogP contribution in [-0.2, 0) is 17.2 Å². The van der Waals surface area contributed by atoms with Gasteiger partial charge in [-0.3, -0.25) is 9.00 Å². The summed E-state index contributed by atoms with van der Waals surface area (Å²) in [5.74, 6) is -0.165. The first kappa shape index (κ1) is 23.8. The number of amides is 1. The number of halogens is 1. The number of hydrogen-bond donors (Lipinski definition) is 1. The highest BCUT2D eigenvalue weighted by atomic mass is 32.2. The molecule has 2 unspecified atom stereocenters. The molecule has 0 radical (unpaired) electrons. The minimum Gasteiger partial charge on any atom is -0.345 e. The van der Waals surface area contributed by atoms with Gasteiger partial charge in [0.25, 0.3) is 5.91 Å². The number of rotatable bonds is 8. The van der Waals surface area contributed by atoms with E-state index < -0.39 is 10.8 Å². The van der Waals surface area contributed by atoms with Crippen molar-refractivity contribution in [3.63, 3.8) is 0 Å². The predicted octanol–water partition coefficient (Wildman–Crippen LogP) is 5.84. The highest BCUT2D eigenvalue weighted by Gasteiger charge is 2.24. The number of aromatic nitrogens is 1. The molecular formula is C28H27FN2O2S. The summed E-state index contributed by atoms with van der Waals surface area (Å²) >= 11 is 0. The van der Waals surface area contributed by atoms with Crippen LogP contribution < -0.4 is 5.32 Å². The average molecular weight is 475 g/mol. The van der Waals surface area contributed by atoms with E-state index in [-0.39, 0.29) is 17.8 Å². The summed E-state index contributed by atoms with van der Waals surface area (Å²) in [5.41, 5.74) is 4.35. The van der Waals surface area contributed by atoms with E-state index in [4.69, 9.17) is 4.98 Å². The molecule has 6 heteroatoms. The van der Waals surface area contributed by atoms with Crippen LogP contribution in [0.2, 0.25) is 0 Å². The van der Waals surface area contributed by atoms with Crippen LogP contribution in [0.1, 0.15) is 40.9 Å². The molecule has 1 amide bonds. The lowest BCUT2D eigenvalue weighted by atomic mass is 9.94. The molecule has 0 aliphatic heterocycles. The van der Waals surface area contributed by atoms with Crippen LogP contribution in [0.15, 0.2) is 78.9 Å². The number of pyridine rings is 1. The summed E-state index contributed by atoms with van der Waals surface area (Å²) in [6, 6.07) is 23.3. The summed E-state index contributed by atoms with van der Waals surface area (Å²) in [5, 5.41) is 3.86. The van der Waals surface area contributed by atoms with Crippen LogP contribution in [0.25, 0.3) is 22.2 Å². The lowest BCUT2D eigenvalue weighted by Crippen LogP contribution is -2.30. The molecule has 34 heavy (non-hydrogen) atoms. The second-order valence-electron chi connectivity index (χ2n) is 8.21. The molecule has 0 saturated heterocycles. The Morgan fingerprint density at radius 1 is 1.03 bits per heavy atom. The third-order valence-corrected chi connectivity index (χ3v) is 6.65. The van der Waals surface area contributed by atoms with E-state index in [0.717, 1.165) is 16.5 Å². The number of nitrogens with one attached hydrogen (secondary N) is 1. The first-order valence-corrected chi connectivity index (χ1v) is 13.0. The van der Waals surface area contributed by atoms with Gasteiger partial charge in [-0.25, -0.2) is 9.37 Å². The maximum atomic E-state index is 13.9. The molecule has 3 aromatic carbocycles. The second kappa shape index (κ2) is 10.7. The van der Waals surface area contributed by atoms with Gasteiger partial charge in [-0.2, -0.15) is 0 Å². The molecule has 1 heterocycles. The standard InChI is InChI=1S/C28H27FN2O2S/c1-3-24(20-12-9-13-21(29)18-20)31-28(32)26-22-14-7-8-15-25(22)30-27(19-10-5-4-6-11-19)23(26)16-17-34(2)33/h4-15,18,24H,3,16-17H2,1-2H3,(H,31,32). The van der Waals surface area contributed by atoms with Gasteiger partial charge in [0, 0.05) is 33.8 Å². The van der Waals surface area contributed by atoms with Crippen molar-refractivity contribution in [2.24, 2.45) is 0 Å². The van der Waals surface area contributed by atoms with Crippen LogP contribution in [-0.4, -0.2) is 27.1 Å². The number of fused-ring (bicyclic) bond motifs is 1. The maximum absolute atomic E-state index is 13.9. The summed E-state index contributed by atoms with van der Waals surface area (Å²) in [6.07, 6.45) is 2.72. The molecule has 4 rings (SSSR count). The van der Waals surface area contributed by atoms with Gasteiger partial charge in [-0.15, -0.1) is 0 Å². The maximum Gasteiger partial charge on any atom is 0.252 e. The quantitative estimate of drug-likeness (QED) is 0.349. The van der Waals surface area contributed by atoms with Crippen molar-refractivity contribution in [1.82, 2.24) is 10.3 Å². The van der Waals surface area contributed by atoms with Gasteiger partial charge in [0.1, 0.15) is 5.82 Å². The third kappa shape index (κ3) is 5.23. The molecular weight excluding hydrogens is 447 g/mol. The lowest BCUT2D eigenvalue weighted by molar-refractivity contribution is 0.0936. The molecule has 0 aliphatic rings. The highest BCUT2D eigenvalue weighted by Crippen LogP contribution is 2.31. The Labute approximate surface area is 201 Å². The molecule has 174 valence electrons. The molecule has 4 nitrogen and oxygen atoms in total. The van der Waals surface area contributed by atoms with Crippen molar-refractivity contribution in [1.29, 1.82) is 0 Å². The van der Waals surface area contributed by atoms with Crippen molar-refractivity contribution in [2.75, 3.05) is 12.0 Å². The van der Waals surface area contributed by atoms with Gasteiger partial charge >= 0.3 is 0 Å². The van der Waals surface area contributed by atoms with E-state index in [1.165, 1.54) is 12.1 Å². The number of para-hydroxylation sites is 1. The predicted molar refractivity (Wildman–Crippen MR) is 137 cm³/mol. The Bertz CT molecular complexity index is 1340. The number of carbonyl (C=O) groups excluding carboxylic acids is 1. The zero-order chi connectivity index (χ0) is 24.1. The summed E-state index contributed by atoms with van der Waals surface area (Å²) in [7, 11) is -1.03. The Morgan fingerprint density at radius 3 is 2.47 bits per heavy atom. The van der Waals surface area contributed by atoms with E-state index >= 15 is 0 Å². The summed E-state index contributed by atoms with van der Waals surface area (Å²) in [6.45, 7) is 1.96. The van der Waals surface area contributed by atoms with E-state index in [2.05, 4.69) is 5.32 Å². The Hall–Kier alpha value is -3.38. The van der Waals surface area contributed by atoms with Crippen molar-refractivity contribution >= 4 is 27.6 Å². The van der Waals surface area contributed by atoms with Crippen LogP contribution in [0.4, 0.5) is 4.39 Å². The van der Waals surface area contributed by atoms with Gasteiger partial charge < -0.3 is 5.32 Å². The van der Waals surface area contributed by atoms with E-state index in [0.29, 0.717) is 40.9 Å². The SMILES string of the molecule is CCC(NC(=O)c1c(CCS(C)=O)c(-c2ccccc2)nc2ccccc12)c1cccc(F)c1. The smallest absolute Gasteiger partial charge is 0.252 e. The number of carbonyl (C=O) groups is 1. The minimum atomic E-state index is -1.03. The molecule has 1 aromatic heterocycles. The lowest BCUT2D eigenvalue weighted by Gasteiger charge is -2.21. The van der Waals surface area contributed by atoms with Crippen molar-refractivity contribution < 1.29 is 13.4 Å². The van der Waals surface area contributed by atoms with Crippen LogP contribution in [0, 0.1) is 5.82 Å². The van der Waals surface area contributed by atoms with Gasteiger partial charge in [-0.05, 0) is 42.2 Å². The molecule has 4 aromatic rings. The van der Waals surface area contributed by atoms with Crippen LogP contribution in [0.5, 0.6) is 0 Å². The van der Waals surface area contributed by atoms with E-state index in [1.807, 2.05) is 67.6 Å². The monoisotopic (exact) mass is 474 g/mol. The molecule has 0 spiro atoms. The largest absolute Gasteiger partial charge is 0.345 e. The molecule has 0 saturated carbocycles. The molecule has 0 aliphatic carbocycles. The molecule has 0 bridgehead atoms. The zero-order valence-electron chi connectivity index (χ0n) is 19.3. The molecule has 1 N–H and O–H groups in total. The normalized spacial score (nSPS) is 12.9. The summed E-state index contributed by atoms with van der Waals surface area (Å²) < 4.78 is 25.9. The zero-order valence-corrected chi connectivity index (χ0v) is 20.1. The van der Waals surface area contributed by atoms with Crippen LogP contribution in [0.3, 0.4) is 0 Å². The topological polar surface area (TPSA) is 59.1 Å². The first-order valence-electron chi connectivity index (χ1n) is 11.3. The van der Waals surface area contributed by atoms with Gasteiger partial charge in [0.2, 0.25) is 0 Å². The van der Waals surface area contributed by atoms with Crippen molar-refractivity contribution in [3.8, 4) is 11.3 Å². The fraction of sp³-hybridized carbons (Fsp3) is 0.214. The van der Waals surface area contributed by atoms with Crippen molar-refractivity contribution in [2.45, 2.75) is 25.8 Å². The van der Waals surface area contributed by atoms with Gasteiger partial charge in [-0.1, -0.05) is 67.6 Å². The van der Waals surface area contributed by atoms with E-state index in [1.54, 1.807) is 12.3 Å². The van der Waals surface area contributed by atoms with E-state index in [9.17, 15) is 13.4 Å². The Balaban J connectivity index is 1.87. The number of benzene rings is 3. The Kier molecular flexibility index (Phi) is 7.48. The van der Waals surface area contributed by atoms with Gasteiger partial charge in [0.05, 0.1) is 22.8 Å². The summed E-state index contributed by atoms with van der Waals surface area (Å²) in [4.78, 5) is 18.7. The second-order valence-corrected chi connectivity index (χ2v) is 9.77. The fourth-order valence-corrected chi connectivity index (χ4v) is 4.70. The minimum absolute atomic E-state index is 0.247. The molecule has 2 atom stereocenters. The number of nitrogens with zero attached hydrogens (tertiary/aromatic N) is 1. The first-order chi connectivity index (χ1) is 16.5. The van der Waals surface area contributed by atoms with Crippen LogP contribution >= 0.6 is 0 Å². The molecule has 0 fully saturated rings. The third-order valence-electron chi connectivity index (χ3n) is 5.87. The highest BCUT2D eigenvalue weighted by molar-refractivity contribution is 7.84. The average Bonchev–Trinajstić information content (AvgIpc) is 2.85. The van der Waals surface area contributed by atoms with Crippen molar-refractivity contribution in [3.05, 3.63) is 101 Å².